The summed E-state index contributed by atoms with van der Waals surface area (Å²) < 4.78 is 27.8. The first-order chi connectivity index (χ1) is 7.79. The van der Waals surface area contributed by atoms with Gasteiger partial charge in [-0.15, -0.1) is 0 Å². The molecule has 6 nitrogen and oxygen atoms in total. The Morgan fingerprint density at radius 3 is 2.53 bits per heavy atom. The first-order valence-corrected chi connectivity index (χ1v) is 7.43. The van der Waals surface area contributed by atoms with Crippen molar-refractivity contribution in [1.82, 2.24) is 0 Å². The predicted molar refractivity (Wildman–Crippen MR) is 65.0 cm³/mol. The second-order valence-corrected chi connectivity index (χ2v) is 6.21. The Morgan fingerprint density at radius 1 is 1.53 bits per heavy atom. The molecule has 0 saturated carbocycles. The van der Waals surface area contributed by atoms with Crippen LogP contribution in [0.5, 0.6) is 5.75 Å². The van der Waals surface area contributed by atoms with Crippen LogP contribution in [-0.2, 0) is 9.05 Å². The molecule has 0 bridgehead atoms. The minimum Gasteiger partial charge on any atom is -0.486 e. The molecule has 0 radical (unpaired) electrons. The number of rotatable bonds is 4. The summed E-state index contributed by atoms with van der Waals surface area (Å²) in [7, 11) is 1.07. The molecule has 0 aliphatic rings. The summed E-state index contributed by atoms with van der Waals surface area (Å²) in [6.45, 7) is 1.66. The third-order valence-electron chi connectivity index (χ3n) is 1.77. The number of halogens is 2. The summed E-state index contributed by atoms with van der Waals surface area (Å²) in [5.74, 6) is -0.359. The fourth-order valence-electron chi connectivity index (χ4n) is 1.18. The third kappa shape index (κ3) is 3.08. The standard InChI is InChI=1S/C8H7BrClNO5S/c1-2-16-7-6(11(12)13)4-3-5(9)8(7)17(10,14)15/h3-4H,2H2,1H3. The number of hydrogen-bond donors (Lipinski definition) is 0. The smallest absolute Gasteiger partial charge is 0.312 e. The third-order valence-corrected chi connectivity index (χ3v) is 4.05. The molecule has 0 aliphatic carbocycles. The molecule has 0 aromatic heterocycles. The lowest BCUT2D eigenvalue weighted by atomic mass is 10.3. The zero-order valence-corrected chi connectivity index (χ0v) is 11.7. The summed E-state index contributed by atoms with van der Waals surface area (Å²) in [6.07, 6.45) is 0. The highest BCUT2D eigenvalue weighted by Crippen LogP contribution is 2.40. The fraction of sp³-hybridized carbons (Fsp3) is 0.250. The average Bonchev–Trinajstić information content (AvgIpc) is 2.15. The van der Waals surface area contributed by atoms with E-state index in [9.17, 15) is 18.5 Å². The van der Waals surface area contributed by atoms with E-state index in [2.05, 4.69) is 15.9 Å². The van der Waals surface area contributed by atoms with E-state index in [4.69, 9.17) is 15.4 Å². The van der Waals surface area contributed by atoms with Crippen molar-refractivity contribution in [3.05, 3.63) is 26.7 Å². The minimum absolute atomic E-state index is 0.0801. The van der Waals surface area contributed by atoms with Gasteiger partial charge in [-0.3, -0.25) is 10.1 Å². The lowest BCUT2D eigenvalue weighted by Crippen LogP contribution is -2.04. The van der Waals surface area contributed by atoms with Crippen molar-refractivity contribution in [1.29, 1.82) is 0 Å². The molecule has 94 valence electrons. The van der Waals surface area contributed by atoms with Crippen LogP contribution in [0.1, 0.15) is 6.92 Å². The lowest BCUT2D eigenvalue weighted by molar-refractivity contribution is -0.386. The second-order valence-electron chi connectivity index (χ2n) is 2.85. The predicted octanol–water partition coefficient (Wildman–Crippen LogP) is 2.68. The van der Waals surface area contributed by atoms with Gasteiger partial charge in [0.05, 0.1) is 11.5 Å². The van der Waals surface area contributed by atoms with Crippen molar-refractivity contribution >= 4 is 41.4 Å². The second kappa shape index (κ2) is 5.19. The first kappa shape index (κ1) is 14.2. The molecule has 1 aromatic carbocycles. The van der Waals surface area contributed by atoms with Gasteiger partial charge in [0.15, 0.2) is 0 Å². The lowest BCUT2D eigenvalue weighted by Gasteiger charge is -2.09. The number of hydrogen-bond acceptors (Lipinski definition) is 5. The molecule has 0 fully saturated rings. The van der Waals surface area contributed by atoms with Gasteiger partial charge in [-0.05, 0) is 28.9 Å². The van der Waals surface area contributed by atoms with Crippen LogP contribution < -0.4 is 4.74 Å². The first-order valence-electron chi connectivity index (χ1n) is 4.33. The Hall–Kier alpha value is -0.860. The molecule has 9 heteroatoms. The molecular weight excluding hydrogens is 338 g/mol. The monoisotopic (exact) mass is 343 g/mol. The van der Waals surface area contributed by atoms with Gasteiger partial charge in [-0.2, -0.15) is 0 Å². The molecule has 0 saturated heterocycles. The molecule has 17 heavy (non-hydrogen) atoms. The topological polar surface area (TPSA) is 86.5 Å². The molecule has 0 unspecified atom stereocenters. The van der Waals surface area contributed by atoms with Crippen molar-refractivity contribution in [3.63, 3.8) is 0 Å². The molecule has 0 atom stereocenters. The number of nitrogens with zero attached hydrogens (tertiary/aromatic N) is 1. The van der Waals surface area contributed by atoms with E-state index in [1.54, 1.807) is 6.92 Å². The summed E-state index contributed by atoms with van der Waals surface area (Å²) in [5.41, 5.74) is -0.450. The normalized spacial score (nSPS) is 11.2. The Balaban J connectivity index is 3.66. The van der Waals surface area contributed by atoms with Crippen molar-refractivity contribution < 1.29 is 18.1 Å². The van der Waals surface area contributed by atoms with Crippen LogP contribution in [0, 0.1) is 10.1 Å². The molecule has 0 amide bonds. The zero-order valence-electron chi connectivity index (χ0n) is 8.51. The number of ether oxygens (including phenoxy) is 1. The Bertz CT molecular complexity index is 559. The van der Waals surface area contributed by atoms with Crippen LogP contribution in [-0.4, -0.2) is 19.9 Å². The van der Waals surface area contributed by atoms with Gasteiger partial charge in [0.2, 0.25) is 5.75 Å². The van der Waals surface area contributed by atoms with E-state index >= 15 is 0 Å². The van der Waals surface area contributed by atoms with Gasteiger partial charge in [-0.25, -0.2) is 8.42 Å². The number of nitro benzene ring substituents is 1. The molecule has 0 spiro atoms. The Kier molecular flexibility index (Phi) is 4.34. The van der Waals surface area contributed by atoms with Crippen LogP contribution in [0.2, 0.25) is 0 Å². The summed E-state index contributed by atoms with van der Waals surface area (Å²) in [5, 5.41) is 10.8. The number of nitro groups is 1. The van der Waals surface area contributed by atoms with Gasteiger partial charge in [-0.1, -0.05) is 0 Å². The van der Waals surface area contributed by atoms with E-state index in [0.29, 0.717) is 0 Å². The highest BCUT2D eigenvalue weighted by atomic mass is 79.9. The molecule has 0 N–H and O–H groups in total. The van der Waals surface area contributed by atoms with E-state index in [1.807, 2.05) is 0 Å². The summed E-state index contributed by atoms with van der Waals surface area (Å²) >= 11 is 2.97. The van der Waals surface area contributed by atoms with Crippen LogP contribution in [0.15, 0.2) is 21.5 Å². The van der Waals surface area contributed by atoms with Gasteiger partial charge in [0, 0.05) is 21.2 Å². The number of benzene rings is 1. The molecule has 1 rings (SSSR count). The maximum absolute atomic E-state index is 11.4. The maximum atomic E-state index is 11.4. The van der Waals surface area contributed by atoms with E-state index in [1.165, 1.54) is 6.07 Å². The van der Waals surface area contributed by atoms with Crippen LogP contribution in [0.25, 0.3) is 0 Å². The van der Waals surface area contributed by atoms with Crippen LogP contribution in [0.4, 0.5) is 5.69 Å². The SMILES string of the molecule is CCOc1c([N+](=O)[O-])ccc(Br)c1S(=O)(=O)Cl. The maximum Gasteiger partial charge on any atom is 0.312 e. The zero-order chi connectivity index (χ0) is 13.2. The van der Waals surface area contributed by atoms with E-state index in [-0.39, 0.29) is 16.8 Å². The summed E-state index contributed by atoms with van der Waals surface area (Å²) in [4.78, 5) is 9.59. The van der Waals surface area contributed by atoms with Crippen LogP contribution >= 0.6 is 26.6 Å². The van der Waals surface area contributed by atoms with Gasteiger partial charge < -0.3 is 4.74 Å². The highest BCUT2D eigenvalue weighted by molar-refractivity contribution is 9.10. The summed E-state index contributed by atoms with van der Waals surface area (Å²) in [6, 6.07) is 2.37. The highest BCUT2D eigenvalue weighted by Gasteiger charge is 2.28. The quantitative estimate of drug-likeness (QED) is 0.476. The fourth-order valence-corrected chi connectivity index (χ4v) is 3.56. The van der Waals surface area contributed by atoms with Crippen molar-refractivity contribution in [3.8, 4) is 5.75 Å². The van der Waals surface area contributed by atoms with Crippen molar-refractivity contribution in [2.75, 3.05) is 6.61 Å². The Morgan fingerprint density at radius 2 is 2.12 bits per heavy atom. The molecule has 0 heterocycles. The Labute approximate surface area is 110 Å². The molecule has 1 aromatic rings. The van der Waals surface area contributed by atoms with E-state index < -0.39 is 24.6 Å². The molecular formula is C8H7BrClNO5S. The van der Waals surface area contributed by atoms with E-state index in [0.717, 1.165) is 6.07 Å². The minimum atomic E-state index is -4.15. The van der Waals surface area contributed by atoms with Crippen molar-refractivity contribution in [2.24, 2.45) is 0 Å². The van der Waals surface area contributed by atoms with Crippen molar-refractivity contribution in [2.45, 2.75) is 11.8 Å². The van der Waals surface area contributed by atoms with Gasteiger partial charge >= 0.3 is 5.69 Å². The van der Waals surface area contributed by atoms with Gasteiger partial charge in [0.25, 0.3) is 9.05 Å². The largest absolute Gasteiger partial charge is 0.486 e. The van der Waals surface area contributed by atoms with Crippen LogP contribution in [0.3, 0.4) is 0 Å². The van der Waals surface area contributed by atoms with Gasteiger partial charge in [0.1, 0.15) is 4.90 Å². The molecule has 0 aliphatic heterocycles. The average molecular weight is 345 g/mol.